The summed E-state index contributed by atoms with van der Waals surface area (Å²) in [5, 5.41) is 7.04. The predicted octanol–water partition coefficient (Wildman–Crippen LogP) is 0.635. The number of esters is 1. The Bertz CT molecular complexity index is 346. The van der Waals surface area contributed by atoms with Gasteiger partial charge in [0, 0.05) is 24.5 Å². The van der Waals surface area contributed by atoms with Crippen molar-refractivity contribution in [3.05, 3.63) is 24.5 Å². The van der Waals surface area contributed by atoms with Crippen LogP contribution in [0, 0.1) is 0 Å². The Kier molecular flexibility index (Phi) is 4.05. The van der Waals surface area contributed by atoms with Crippen LogP contribution in [0.1, 0.15) is 12.5 Å². The average Bonchev–Trinajstić information content (AvgIpc) is 2.72. The van der Waals surface area contributed by atoms with E-state index < -0.39 is 0 Å². The Morgan fingerprint density at radius 2 is 2.60 bits per heavy atom. The van der Waals surface area contributed by atoms with Crippen molar-refractivity contribution in [3.8, 4) is 0 Å². The van der Waals surface area contributed by atoms with Crippen LogP contribution in [-0.4, -0.2) is 28.9 Å². The molecule has 1 aromatic rings. The van der Waals surface area contributed by atoms with E-state index >= 15 is 0 Å². The summed E-state index contributed by atoms with van der Waals surface area (Å²) in [6, 6.07) is -0.318. The zero-order valence-electron chi connectivity index (χ0n) is 8.93. The molecule has 0 aliphatic heterocycles. The van der Waals surface area contributed by atoms with Crippen LogP contribution in [0.2, 0.25) is 0 Å². The van der Waals surface area contributed by atoms with Crippen molar-refractivity contribution in [1.29, 1.82) is 0 Å². The molecule has 0 amide bonds. The van der Waals surface area contributed by atoms with Gasteiger partial charge in [-0.2, -0.15) is 5.10 Å². The summed E-state index contributed by atoms with van der Waals surface area (Å²) < 4.78 is 6.20. The highest BCUT2D eigenvalue weighted by molar-refractivity contribution is 5.75. The molecular weight excluding hydrogens is 194 g/mol. The molecule has 0 aromatic carbocycles. The molecule has 1 aromatic heterocycles. The summed E-state index contributed by atoms with van der Waals surface area (Å²) >= 11 is 0. The zero-order chi connectivity index (χ0) is 11.3. The lowest BCUT2D eigenvalue weighted by Gasteiger charge is -2.09. The first-order chi connectivity index (χ1) is 7.17. The number of aromatic nitrogens is 2. The van der Waals surface area contributed by atoms with Gasteiger partial charge in [-0.1, -0.05) is 6.58 Å². The van der Waals surface area contributed by atoms with Gasteiger partial charge in [0.15, 0.2) is 0 Å². The van der Waals surface area contributed by atoms with Gasteiger partial charge in [0.05, 0.1) is 13.3 Å². The Labute approximate surface area is 88.7 Å². The summed E-state index contributed by atoms with van der Waals surface area (Å²) in [6.45, 7) is 5.91. The van der Waals surface area contributed by atoms with E-state index in [-0.39, 0.29) is 12.0 Å². The third kappa shape index (κ3) is 3.21. The summed E-state index contributed by atoms with van der Waals surface area (Å²) in [7, 11) is 1.37. The van der Waals surface area contributed by atoms with E-state index in [1.165, 1.54) is 7.11 Å². The van der Waals surface area contributed by atoms with Crippen LogP contribution in [0.5, 0.6) is 0 Å². The number of methoxy groups -OCH3 is 1. The maximum Gasteiger partial charge on any atom is 0.322 e. The van der Waals surface area contributed by atoms with Gasteiger partial charge in [-0.15, -0.1) is 0 Å². The third-order valence-corrected chi connectivity index (χ3v) is 2.01. The summed E-state index contributed by atoms with van der Waals surface area (Å²) in [5.74, 6) is -0.272. The minimum atomic E-state index is -0.318. The Morgan fingerprint density at radius 3 is 3.13 bits per heavy atom. The lowest BCUT2D eigenvalue weighted by atomic mass is 10.3. The molecule has 5 nitrogen and oxygen atoms in total. The maximum absolute atomic E-state index is 11.1. The Hall–Kier alpha value is -1.62. The third-order valence-electron chi connectivity index (χ3n) is 2.01. The smallest absolute Gasteiger partial charge is 0.322 e. The molecule has 1 rings (SSSR count). The fraction of sp³-hybridized carbons (Fsp3) is 0.400. The molecule has 0 spiro atoms. The van der Waals surface area contributed by atoms with E-state index in [4.69, 9.17) is 0 Å². The fourth-order valence-electron chi connectivity index (χ4n) is 1.10. The fourth-order valence-corrected chi connectivity index (χ4v) is 1.10. The second-order valence-electron chi connectivity index (χ2n) is 3.14. The van der Waals surface area contributed by atoms with Crippen LogP contribution in [0.3, 0.4) is 0 Å². The number of hydrogen-bond acceptors (Lipinski definition) is 4. The molecule has 0 fully saturated rings. The molecule has 82 valence electrons. The molecule has 1 atom stereocenters. The number of ether oxygens (including phenoxy) is 1. The molecule has 0 aliphatic rings. The molecule has 1 heterocycles. The van der Waals surface area contributed by atoms with Crippen molar-refractivity contribution in [1.82, 2.24) is 15.1 Å². The minimum Gasteiger partial charge on any atom is -0.468 e. The van der Waals surface area contributed by atoms with Gasteiger partial charge in [-0.05, 0) is 6.92 Å². The van der Waals surface area contributed by atoms with E-state index in [9.17, 15) is 4.79 Å². The van der Waals surface area contributed by atoms with Gasteiger partial charge < -0.3 is 10.1 Å². The number of carbonyl (C=O) groups excluding carboxylic acids is 1. The van der Waals surface area contributed by atoms with Crippen molar-refractivity contribution in [2.24, 2.45) is 0 Å². The number of carbonyl (C=O) groups is 1. The molecule has 1 N–H and O–H groups in total. The topological polar surface area (TPSA) is 56.2 Å². The molecule has 15 heavy (non-hydrogen) atoms. The number of hydrogen-bond donors (Lipinski definition) is 1. The quantitative estimate of drug-likeness (QED) is 0.723. The van der Waals surface area contributed by atoms with Gasteiger partial charge in [-0.3, -0.25) is 4.79 Å². The van der Waals surface area contributed by atoms with E-state index in [0.29, 0.717) is 6.54 Å². The van der Waals surface area contributed by atoms with Gasteiger partial charge in [-0.25, -0.2) is 4.68 Å². The molecule has 0 saturated carbocycles. The van der Waals surface area contributed by atoms with Crippen LogP contribution < -0.4 is 5.32 Å². The van der Waals surface area contributed by atoms with Crippen molar-refractivity contribution in [3.63, 3.8) is 0 Å². The van der Waals surface area contributed by atoms with Crippen LogP contribution in [0.4, 0.5) is 0 Å². The monoisotopic (exact) mass is 209 g/mol. The molecule has 0 saturated heterocycles. The van der Waals surface area contributed by atoms with Crippen molar-refractivity contribution in [2.75, 3.05) is 7.11 Å². The highest BCUT2D eigenvalue weighted by atomic mass is 16.5. The Morgan fingerprint density at radius 1 is 1.87 bits per heavy atom. The maximum atomic E-state index is 11.1. The second-order valence-corrected chi connectivity index (χ2v) is 3.14. The first-order valence-corrected chi connectivity index (χ1v) is 4.64. The summed E-state index contributed by atoms with van der Waals surface area (Å²) in [6.07, 6.45) is 5.16. The molecule has 0 aliphatic carbocycles. The van der Waals surface area contributed by atoms with Gasteiger partial charge >= 0.3 is 5.97 Å². The lowest BCUT2D eigenvalue weighted by Crippen LogP contribution is -2.34. The van der Waals surface area contributed by atoms with E-state index in [1.54, 1.807) is 24.0 Å². The molecule has 0 unspecified atom stereocenters. The van der Waals surface area contributed by atoms with E-state index in [1.807, 2.05) is 6.20 Å². The number of rotatable bonds is 5. The molecule has 5 heteroatoms. The standard InChI is InChI=1S/C10H15N3O2/c1-4-13-7-9(6-12-13)5-11-8(2)10(14)15-3/h4,6-8,11H,1,5H2,2-3H3/t8-/m0/s1. The summed E-state index contributed by atoms with van der Waals surface area (Å²) in [4.78, 5) is 11.1. The van der Waals surface area contributed by atoms with E-state index in [2.05, 4.69) is 21.7 Å². The van der Waals surface area contributed by atoms with Crippen LogP contribution in [0.25, 0.3) is 6.20 Å². The highest BCUT2D eigenvalue weighted by Crippen LogP contribution is 1.98. The van der Waals surface area contributed by atoms with Crippen molar-refractivity contribution < 1.29 is 9.53 Å². The molecular formula is C10H15N3O2. The molecule has 0 radical (unpaired) electrons. The largest absolute Gasteiger partial charge is 0.468 e. The number of nitrogens with one attached hydrogen (secondary N) is 1. The minimum absolute atomic E-state index is 0.272. The van der Waals surface area contributed by atoms with Gasteiger partial charge in [0.2, 0.25) is 0 Å². The van der Waals surface area contributed by atoms with Crippen LogP contribution in [0.15, 0.2) is 19.0 Å². The van der Waals surface area contributed by atoms with Crippen LogP contribution >= 0.6 is 0 Å². The molecule has 0 bridgehead atoms. The Balaban J connectivity index is 2.43. The highest BCUT2D eigenvalue weighted by Gasteiger charge is 2.11. The average molecular weight is 209 g/mol. The van der Waals surface area contributed by atoms with Crippen molar-refractivity contribution >= 4 is 12.2 Å². The first-order valence-electron chi connectivity index (χ1n) is 4.64. The van der Waals surface area contributed by atoms with Gasteiger partial charge in [0.25, 0.3) is 0 Å². The van der Waals surface area contributed by atoms with Crippen LogP contribution in [-0.2, 0) is 16.1 Å². The first kappa shape index (κ1) is 11.5. The summed E-state index contributed by atoms with van der Waals surface area (Å²) in [5.41, 5.74) is 0.991. The SMILES string of the molecule is C=Cn1cc(CN[C@@H](C)C(=O)OC)cn1. The lowest BCUT2D eigenvalue weighted by molar-refractivity contribution is -0.142. The second kappa shape index (κ2) is 5.31. The van der Waals surface area contributed by atoms with E-state index in [0.717, 1.165) is 5.56 Å². The van der Waals surface area contributed by atoms with Gasteiger partial charge in [0.1, 0.15) is 6.04 Å². The number of nitrogens with zero attached hydrogens (tertiary/aromatic N) is 2. The normalized spacial score (nSPS) is 12.1. The zero-order valence-corrected chi connectivity index (χ0v) is 8.93. The predicted molar refractivity (Wildman–Crippen MR) is 56.9 cm³/mol. The van der Waals surface area contributed by atoms with Crippen molar-refractivity contribution in [2.45, 2.75) is 19.5 Å².